The van der Waals surface area contributed by atoms with Gasteiger partial charge in [0.1, 0.15) is 41.0 Å². The van der Waals surface area contributed by atoms with Crippen molar-refractivity contribution in [2.45, 2.75) is 6.92 Å². The molecule has 0 atom stereocenters. The number of phenols is 2. The minimum absolute atomic E-state index is 0.0285. The maximum atomic E-state index is 10.1. The summed E-state index contributed by atoms with van der Waals surface area (Å²) in [5.74, 6) is 0.150. The third-order valence-electron chi connectivity index (χ3n) is 5.63. The molecule has 1 heterocycles. The third-order valence-corrected chi connectivity index (χ3v) is 6.86. The van der Waals surface area contributed by atoms with Crippen LogP contribution < -0.4 is 5.32 Å². The number of hydrogen-bond donors (Lipinski definition) is 3. The second-order valence-corrected chi connectivity index (χ2v) is 8.36. The predicted molar refractivity (Wildman–Crippen MR) is 121 cm³/mol. The lowest BCUT2D eigenvalue weighted by Gasteiger charge is -2.08. The van der Waals surface area contributed by atoms with Crippen molar-refractivity contribution in [1.82, 2.24) is 5.32 Å². The minimum atomic E-state index is -0.0285. The van der Waals surface area contributed by atoms with E-state index in [1.807, 2.05) is 25.1 Å². The number of nitrogens with zero attached hydrogens (tertiary/aromatic N) is 3. The zero-order valence-electron chi connectivity index (χ0n) is 16.8. The number of phenolic OH excluding ortho intramolecular Hbond substituents is 2. The van der Waals surface area contributed by atoms with Crippen molar-refractivity contribution in [1.29, 1.82) is 15.8 Å². The van der Waals surface area contributed by atoms with Crippen LogP contribution in [0.4, 0.5) is 0 Å². The summed E-state index contributed by atoms with van der Waals surface area (Å²) in [6.45, 7) is 2.46. The van der Waals surface area contributed by atoms with Gasteiger partial charge in [-0.2, -0.15) is 15.8 Å². The van der Waals surface area contributed by atoms with E-state index in [2.05, 4.69) is 11.4 Å². The Kier molecular flexibility index (Phi) is 4.27. The molecule has 0 spiro atoms. The van der Waals surface area contributed by atoms with Gasteiger partial charge < -0.3 is 15.5 Å². The van der Waals surface area contributed by atoms with E-state index in [1.165, 1.54) is 11.3 Å². The number of aromatic hydroxyl groups is 2. The molecule has 0 saturated heterocycles. The maximum absolute atomic E-state index is 10.1. The van der Waals surface area contributed by atoms with Gasteiger partial charge in [0.25, 0.3) is 0 Å². The molecule has 0 aliphatic heterocycles. The molecule has 0 saturated carbocycles. The summed E-state index contributed by atoms with van der Waals surface area (Å²) in [7, 11) is 0. The number of nitrogens with one attached hydrogen (secondary N) is 1. The molecule has 0 amide bonds. The molecule has 6 nitrogen and oxygen atoms in total. The molecule has 2 aromatic carbocycles. The van der Waals surface area contributed by atoms with Crippen molar-refractivity contribution in [2.24, 2.45) is 0 Å². The normalized spacial score (nSPS) is 13.8. The molecule has 5 rings (SSSR count). The molecule has 0 fully saturated rings. The first-order valence-electron chi connectivity index (χ1n) is 9.81. The summed E-state index contributed by atoms with van der Waals surface area (Å²) in [6.07, 6.45) is 0. The van der Waals surface area contributed by atoms with Gasteiger partial charge in [0.15, 0.2) is 0 Å². The smallest absolute Gasteiger partial charge is 0.138 e. The summed E-state index contributed by atoms with van der Waals surface area (Å²) in [4.78, 5) is 1.61. The second kappa shape index (κ2) is 7.03. The maximum Gasteiger partial charge on any atom is 0.138 e. The van der Waals surface area contributed by atoms with Crippen LogP contribution in [0.3, 0.4) is 0 Å². The highest BCUT2D eigenvalue weighted by Crippen LogP contribution is 2.61. The molecule has 0 unspecified atom stereocenters. The van der Waals surface area contributed by atoms with E-state index in [9.17, 15) is 26.0 Å². The molecular weight excluding hydrogens is 420 g/mol. The van der Waals surface area contributed by atoms with Crippen molar-refractivity contribution in [3.8, 4) is 52.0 Å². The van der Waals surface area contributed by atoms with Gasteiger partial charge in [-0.15, -0.1) is 11.3 Å². The average molecular weight is 434 g/mol. The number of allylic oxidation sites excluding steroid dienone is 2. The fourth-order valence-electron chi connectivity index (χ4n) is 4.45. The second-order valence-electron chi connectivity index (χ2n) is 7.34. The largest absolute Gasteiger partial charge is 0.508 e. The first-order chi connectivity index (χ1) is 15.5. The summed E-state index contributed by atoms with van der Waals surface area (Å²) in [6, 6.07) is 16.2. The highest BCUT2D eigenvalue weighted by atomic mass is 32.1. The van der Waals surface area contributed by atoms with Crippen LogP contribution in [-0.4, -0.2) is 16.8 Å². The Morgan fingerprint density at radius 1 is 0.812 bits per heavy atom. The SMILES string of the molecule is CCN/C(C#N)=C1/c2cc(O)ccc2-c2c1sc1c2-c2ccc(O)cc2C1=C(C#N)C#N. The Bertz CT molecular complexity index is 1520. The van der Waals surface area contributed by atoms with Crippen LogP contribution in [0, 0.1) is 34.0 Å². The number of thiophene rings is 1. The van der Waals surface area contributed by atoms with E-state index in [-0.39, 0.29) is 17.1 Å². The number of fused-ring (bicyclic) bond motifs is 7. The lowest BCUT2D eigenvalue weighted by molar-refractivity contribution is 0.474. The van der Waals surface area contributed by atoms with E-state index in [0.717, 1.165) is 37.6 Å². The van der Waals surface area contributed by atoms with Gasteiger partial charge in [-0.05, 0) is 53.4 Å². The summed E-state index contributed by atoms with van der Waals surface area (Å²) >= 11 is 1.41. The summed E-state index contributed by atoms with van der Waals surface area (Å²) in [5.41, 5.74) is 6.41. The Balaban J connectivity index is 1.95. The molecule has 152 valence electrons. The highest BCUT2D eigenvalue weighted by Gasteiger charge is 2.39. The lowest BCUT2D eigenvalue weighted by Crippen LogP contribution is -2.12. The van der Waals surface area contributed by atoms with Crippen molar-refractivity contribution in [2.75, 3.05) is 6.54 Å². The summed E-state index contributed by atoms with van der Waals surface area (Å²) in [5, 5.41) is 52.4. The Labute approximate surface area is 187 Å². The molecule has 0 radical (unpaired) electrons. The van der Waals surface area contributed by atoms with Gasteiger partial charge in [0, 0.05) is 38.6 Å². The Morgan fingerprint density at radius 2 is 1.34 bits per heavy atom. The number of hydrogen-bond acceptors (Lipinski definition) is 7. The van der Waals surface area contributed by atoms with Gasteiger partial charge in [-0.25, -0.2) is 0 Å². The van der Waals surface area contributed by atoms with Gasteiger partial charge in [-0.1, -0.05) is 12.1 Å². The Hall–Kier alpha value is -4.51. The van der Waals surface area contributed by atoms with Gasteiger partial charge in [-0.3, -0.25) is 0 Å². The molecule has 0 bridgehead atoms. The van der Waals surface area contributed by atoms with Crippen LogP contribution in [0.5, 0.6) is 11.5 Å². The van der Waals surface area contributed by atoms with Crippen LogP contribution in [0.2, 0.25) is 0 Å². The fraction of sp³-hybridized carbons (Fsp3) is 0.0800. The van der Waals surface area contributed by atoms with E-state index in [1.54, 1.807) is 30.3 Å². The predicted octanol–water partition coefficient (Wildman–Crippen LogP) is 4.86. The summed E-state index contributed by atoms with van der Waals surface area (Å²) < 4.78 is 0. The number of benzene rings is 2. The van der Waals surface area contributed by atoms with Gasteiger partial charge >= 0.3 is 0 Å². The van der Waals surface area contributed by atoms with Crippen LogP contribution in [0.15, 0.2) is 47.7 Å². The van der Waals surface area contributed by atoms with Gasteiger partial charge in [0.2, 0.25) is 0 Å². The molecule has 3 aromatic rings. The number of rotatable bonds is 2. The van der Waals surface area contributed by atoms with Gasteiger partial charge in [0.05, 0.1) is 0 Å². The van der Waals surface area contributed by atoms with Crippen molar-refractivity contribution >= 4 is 22.5 Å². The molecule has 7 heteroatoms. The minimum Gasteiger partial charge on any atom is -0.508 e. The highest BCUT2D eigenvalue weighted by molar-refractivity contribution is 7.16. The molecular formula is C25H14N4O2S. The lowest BCUT2D eigenvalue weighted by atomic mass is 9.98. The molecule has 2 aliphatic carbocycles. The van der Waals surface area contributed by atoms with Crippen molar-refractivity contribution in [3.05, 3.63) is 68.5 Å². The van der Waals surface area contributed by atoms with Crippen LogP contribution >= 0.6 is 11.3 Å². The molecule has 3 N–H and O–H groups in total. The molecule has 32 heavy (non-hydrogen) atoms. The quantitative estimate of drug-likeness (QED) is 0.341. The average Bonchev–Trinajstić information content (AvgIpc) is 3.39. The molecule has 2 aliphatic rings. The zero-order valence-corrected chi connectivity index (χ0v) is 17.6. The van der Waals surface area contributed by atoms with Crippen molar-refractivity contribution in [3.63, 3.8) is 0 Å². The number of nitriles is 3. The monoisotopic (exact) mass is 434 g/mol. The third kappa shape index (κ3) is 2.48. The van der Waals surface area contributed by atoms with Crippen LogP contribution in [0.25, 0.3) is 33.4 Å². The first kappa shape index (κ1) is 19.5. The Morgan fingerprint density at radius 3 is 1.84 bits per heavy atom. The van der Waals surface area contributed by atoms with E-state index in [4.69, 9.17) is 0 Å². The first-order valence-corrected chi connectivity index (χ1v) is 10.6. The van der Waals surface area contributed by atoms with Crippen LogP contribution in [0.1, 0.15) is 27.8 Å². The molecule has 1 aromatic heterocycles. The van der Waals surface area contributed by atoms with E-state index in [0.29, 0.717) is 29.0 Å². The fourth-order valence-corrected chi connectivity index (χ4v) is 5.91. The van der Waals surface area contributed by atoms with E-state index >= 15 is 0 Å². The van der Waals surface area contributed by atoms with Crippen molar-refractivity contribution < 1.29 is 10.2 Å². The topological polar surface area (TPSA) is 124 Å². The van der Waals surface area contributed by atoms with Crippen LogP contribution in [-0.2, 0) is 0 Å². The van der Waals surface area contributed by atoms with E-state index < -0.39 is 0 Å². The zero-order chi connectivity index (χ0) is 22.6. The standard InChI is InChI=1S/C25H14N4O2S/c1-2-29-19(11-28)21-18-8-14(31)4-6-16(18)23-22-15-5-3-13(30)7-17(15)20(12(9-26)10-27)24(22)32-25(21)23/h3-8,29-31H,2H2,1H3/b21-19-.